The van der Waals surface area contributed by atoms with Crippen LogP contribution in [0.15, 0.2) is 18.3 Å². The monoisotopic (exact) mass is 249 g/mol. The van der Waals surface area contributed by atoms with Gasteiger partial charge in [0.05, 0.1) is 4.92 Å². The average molecular weight is 249 g/mol. The van der Waals surface area contributed by atoms with Crippen molar-refractivity contribution in [3.05, 3.63) is 28.4 Å². The van der Waals surface area contributed by atoms with E-state index in [0.29, 0.717) is 6.04 Å². The molecule has 0 bridgehead atoms. The van der Waals surface area contributed by atoms with Gasteiger partial charge in [-0.15, -0.1) is 0 Å². The van der Waals surface area contributed by atoms with Crippen molar-refractivity contribution < 1.29 is 4.92 Å². The van der Waals surface area contributed by atoms with Crippen LogP contribution in [-0.4, -0.2) is 15.9 Å². The van der Waals surface area contributed by atoms with Crippen LogP contribution in [0.5, 0.6) is 0 Å². The van der Waals surface area contributed by atoms with Crippen molar-refractivity contribution in [3.63, 3.8) is 0 Å². The maximum atomic E-state index is 10.6. The third-order valence-electron chi connectivity index (χ3n) is 3.79. The molecule has 0 amide bonds. The molecular formula is C13H19N3O2. The first kappa shape index (κ1) is 12.8. The Morgan fingerprint density at radius 2 is 2.22 bits per heavy atom. The van der Waals surface area contributed by atoms with Crippen molar-refractivity contribution in [2.24, 2.45) is 5.41 Å². The van der Waals surface area contributed by atoms with E-state index >= 15 is 0 Å². The van der Waals surface area contributed by atoms with Gasteiger partial charge in [0.1, 0.15) is 12.0 Å². The van der Waals surface area contributed by atoms with E-state index in [0.717, 1.165) is 12.2 Å². The van der Waals surface area contributed by atoms with E-state index in [1.807, 2.05) is 0 Å². The van der Waals surface area contributed by atoms with Crippen LogP contribution >= 0.6 is 0 Å². The lowest BCUT2D eigenvalue weighted by Gasteiger charge is -2.39. The maximum Gasteiger partial charge on any atom is 0.287 e. The molecule has 5 nitrogen and oxygen atoms in total. The zero-order chi connectivity index (χ0) is 13.2. The number of hydrogen-bond acceptors (Lipinski definition) is 4. The molecule has 1 saturated carbocycles. The van der Waals surface area contributed by atoms with Crippen LogP contribution in [0.4, 0.5) is 11.5 Å². The molecule has 0 radical (unpaired) electrons. The molecule has 18 heavy (non-hydrogen) atoms. The van der Waals surface area contributed by atoms with Gasteiger partial charge in [0.15, 0.2) is 0 Å². The Kier molecular flexibility index (Phi) is 3.50. The molecule has 1 aliphatic carbocycles. The molecule has 0 aromatic carbocycles. The summed E-state index contributed by atoms with van der Waals surface area (Å²) >= 11 is 0. The van der Waals surface area contributed by atoms with Crippen LogP contribution in [-0.2, 0) is 0 Å². The van der Waals surface area contributed by atoms with Gasteiger partial charge in [-0.25, -0.2) is 4.98 Å². The normalized spacial score (nSPS) is 22.4. The summed E-state index contributed by atoms with van der Waals surface area (Å²) in [6.45, 7) is 4.52. The summed E-state index contributed by atoms with van der Waals surface area (Å²) < 4.78 is 0. The first-order valence-electron chi connectivity index (χ1n) is 6.36. The molecule has 1 aromatic heterocycles. The van der Waals surface area contributed by atoms with Crippen molar-refractivity contribution in [1.29, 1.82) is 0 Å². The van der Waals surface area contributed by atoms with Crippen LogP contribution in [0.3, 0.4) is 0 Å². The predicted octanol–water partition coefficient (Wildman–Crippen LogP) is 3.37. The highest BCUT2D eigenvalue weighted by molar-refractivity contribution is 5.41. The van der Waals surface area contributed by atoms with Crippen molar-refractivity contribution in [2.45, 2.75) is 45.6 Å². The number of anilines is 1. The second-order valence-electron chi connectivity index (χ2n) is 5.59. The van der Waals surface area contributed by atoms with E-state index in [9.17, 15) is 10.1 Å². The van der Waals surface area contributed by atoms with Gasteiger partial charge in [0.2, 0.25) is 0 Å². The highest BCUT2D eigenvalue weighted by Gasteiger charge is 2.32. The lowest BCUT2D eigenvalue weighted by atomic mass is 9.73. The SMILES string of the molecule is CC1(C)CCCCC1Nc1ccc([N+](=O)[O-])cn1. The number of hydrogen-bond donors (Lipinski definition) is 1. The molecule has 1 heterocycles. The van der Waals surface area contributed by atoms with E-state index in [4.69, 9.17) is 0 Å². The van der Waals surface area contributed by atoms with Gasteiger partial charge in [-0.2, -0.15) is 0 Å². The van der Waals surface area contributed by atoms with Crippen molar-refractivity contribution in [1.82, 2.24) is 4.98 Å². The second-order valence-corrected chi connectivity index (χ2v) is 5.59. The van der Waals surface area contributed by atoms with Crippen LogP contribution in [0.1, 0.15) is 39.5 Å². The number of aromatic nitrogens is 1. The summed E-state index contributed by atoms with van der Waals surface area (Å²) in [5, 5.41) is 14.0. The quantitative estimate of drug-likeness (QED) is 0.658. The van der Waals surface area contributed by atoms with Gasteiger partial charge in [-0.1, -0.05) is 26.7 Å². The summed E-state index contributed by atoms with van der Waals surface area (Å²) in [6, 6.07) is 3.56. The Morgan fingerprint density at radius 1 is 1.44 bits per heavy atom. The van der Waals surface area contributed by atoms with Gasteiger partial charge in [-0.05, 0) is 24.3 Å². The Bertz CT molecular complexity index is 428. The predicted molar refractivity (Wildman–Crippen MR) is 70.6 cm³/mol. The molecule has 5 heteroatoms. The third kappa shape index (κ3) is 2.78. The van der Waals surface area contributed by atoms with Gasteiger partial charge in [-0.3, -0.25) is 10.1 Å². The van der Waals surface area contributed by atoms with Crippen LogP contribution in [0.25, 0.3) is 0 Å². The molecule has 0 spiro atoms. The van der Waals surface area contributed by atoms with Gasteiger partial charge < -0.3 is 5.32 Å². The molecule has 98 valence electrons. The summed E-state index contributed by atoms with van der Waals surface area (Å²) in [7, 11) is 0. The minimum absolute atomic E-state index is 0.0310. The Labute approximate surface area is 107 Å². The maximum absolute atomic E-state index is 10.6. The first-order valence-corrected chi connectivity index (χ1v) is 6.36. The average Bonchev–Trinajstić information content (AvgIpc) is 2.32. The molecular weight excluding hydrogens is 230 g/mol. The summed E-state index contributed by atoms with van der Waals surface area (Å²) in [4.78, 5) is 14.2. The molecule has 1 atom stereocenters. The molecule has 1 aliphatic rings. The fourth-order valence-corrected chi connectivity index (χ4v) is 2.52. The third-order valence-corrected chi connectivity index (χ3v) is 3.79. The first-order chi connectivity index (χ1) is 8.49. The second kappa shape index (κ2) is 4.92. The molecule has 1 unspecified atom stereocenters. The summed E-state index contributed by atoms with van der Waals surface area (Å²) in [6.07, 6.45) is 6.15. The molecule has 1 N–H and O–H groups in total. The van der Waals surface area contributed by atoms with Gasteiger partial charge in [0, 0.05) is 12.1 Å². The minimum atomic E-state index is -0.429. The minimum Gasteiger partial charge on any atom is -0.367 e. The number of nitro groups is 1. The zero-order valence-corrected chi connectivity index (χ0v) is 10.8. The van der Waals surface area contributed by atoms with Crippen molar-refractivity contribution in [2.75, 3.05) is 5.32 Å². The number of rotatable bonds is 3. The zero-order valence-electron chi connectivity index (χ0n) is 10.8. The van der Waals surface area contributed by atoms with Crippen molar-refractivity contribution in [3.8, 4) is 0 Å². The molecule has 0 aliphatic heterocycles. The number of pyridine rings is 1. The fourth-order valence-electron chi connectivity index (χ4n) is 2.52. The van der Waals surface area contributed by atoms with E-state index in [1.54, 1.807) is 6.07 Å². The van der Waals surface area contributed by atoms with Crippen LogP contribution < -0.4 is 5.32 Å². The Morgan fingerprint density at radius 3 is 2.78 bits per heavy atom. The molecule has 1 aromatic rings. The van der Waals surface area contributed by atoms with E-state index in [2.05, 4.69) is 24.1 Å². The summed E-state index contributed by atoms with van der Waals surface area (Å²) in [5.74, 6) is 0.723. The number of nitrogens with one attached hydrogen (secondary N) is 1. The van der Waals surface area contributed by atoms with E-state index in [-0.39, 0.29) is 11.1 Å². The summed E-state index contributed by atoms with van der Waals surface area (Å²) in [5.41, 5.74) is 0.283. The fraction of sp³-hybridized carbons (Fsp3) is 0.615. The molecule has 1 fully saturated rings. The Hall–Kier alpha value is -1.65. The lowest BCUT2D eigenvalue weighted by molar-refractivity contribution is -0.385. The highest BCUT2D eigenvalue weighted by Crippen LogP contribution is 2.37. The molecule has 2 rings (SSSR count). The Balaban J connectivity index is 2.06. The lowest BCUT2D eigenvalue weighted by Crippen LogP contribution is -2.39. The van der Waals surface area contributed by atoms with Gasteiger partial charge in [0.25, 0.3) is 5.69 Å². The smallest absolute Gasteiger partial charge is 0.287 e. The largest absolute Gasteiger partial charge is 0.367 e. The van der Waals surface area contributed by atoms with Crippen LogP contribution in [0, 0.1) is 15.5 Å². The van der Waals surface area contributed by atoms with E-state index < -0.39 is 4.92 Å². The molecule has 0 saturated heterocycles. The van der Waals surface area contributed by atoms with Crippen molar-refractivity contribution >= 4 is 11.5 Å². The number of nitrogens with zero attached hydrogens (tertiary/aromatic N) is 2. The van der Waals surface area contributed by atoms with Gasteiger partial charge >= 0.3 is 0 Å². The van der Waals surface area contributed by atoms with E-state index in [1.165, 1.54) is 31.5 Å². The standard InChI is InChI=1S/C13H19N3O2/c1-13(2)8-4-3-5-11(13)15-12-7-6-10(9-14-12)16(17)18/h6-7,9,11H,3-5,8H2,1-2H3,(H,14,15). The van der Waals surface area contributed by atoms with Crippen LogP contribution in [0.2, 0.25) is 0 Å². The topological polar surface area (TPSA) is 68.1 Å². The highest BCUT2D eigenvalue weighted by atomic mass is 16.6.